The summed E-state index contributed by atoms with van der Waals surface area (Å²) in [5.74, 6) is 0. The van der Waals surface area contributed by atoms with Crippen LogP contribution in [0.4, 0.5) is 34.1 Å². The molecule has 0 unspecified atom stereocenters. The van der Waals surface area contributed by atoms with Crippen LogP contribution in [0.1, 0.15) is 22.3 Å². The number of nitrogens with zero attached hydrogens (tertiary/aromatic N) is 2. The summed E-state index contributed by atoms with van der Waals surface area (Å²) >= 11 is 0. The fourth-order valence-corrected chi connectivity index (χ4v) is 11.7. The van der Waals surface area contributed by atoms with E-state index in [2.05, 4.69) is 252 Å². The van der Waals surface area contributed by atoms with Gasteiger partial charge >= 0.3 is 0 Å². The molecule has 12 aromatic rings. The van der Waals surface area contributed by atoms with Crippen LogP contribution >= 0.6 is 0 Å². The topological polar surface area (TPSA) is 19.6 Å². The van der Waals surface area contributed by atoms with Crippen molar-refractivity contribution >= 4 is 77.6 Å². The number of benzene rings is 11. The minimum absolute atomic E-state index is 0.652. The predicted octanol–water partition coefficient (Wildman–Crippen LogP) is 17.2. The average molecular weight is 841 g/mol. The summed E-state index contributed by atoms with van der Waals surface area (Å²) in [7, 11) is 0. The molecule has 66 heavy (non-hydrogen) atoms. The van der Waals surface area contributed by atoms with Gasteiger partial charge in [0.05, 0.1) is 11.1 Å². The summed E-state index contributed by atoms with van der Waals surface area (Å²) in [6.45, 7) is 0. The fraction of sp³-hybridized carbons (Fsp3) is 0.0159. The van der Waals surface area contributed by atoms with Crippen LogP contribution in [0.25, 0.3) is 65.7 Å². The molecule has 0 saturated heterocycles. The Labute approximate surface area is 382 Å². The molecule has 0 radical (unpaired) electrons. The van der Waals surface area contributed by atoms with Crippen LogP contribution in [0.2, 0.25) is 0 Å². The third kappa shape index (κ3) is 5.08. The molecular weight excluding hydrogens is 801 g/mol. The zero-order chi connectivity index (χ0) is 43.3. The molecular formula is C63H40N2O. The number of para-hydroxylation sites is 5. The molecule has 0 saturated carbocycles. The smallest absolute Gasteiger partial charge is 0.136 e. The molecule has 0 aliphatic heterocycles. The minimum atomic E-state index is -0.652. The van der Waals surface area contributed by atoms with E-state index in [9.17, 15) is 0 Å². The van der Waals surface area contributed by atoms with E-state index in [1.54, 1.807) is 0 Å². The number of rotatable bonds is 6. The first-order valence-electron chi connectivity index (χ1n) is 22.8. The molecule has 0 amide bonds. The predicted molar refractivity (Wildman–Crippen MR) is 274 cm³/mol. The molecule has 308 valence electrons. The number of furan rings is 1. The van der Waals surface area contributed by atoms with E-state index in [0.29, 0.717) is 0 Å². The minimum Gasteiger partial charge on any atom is -0.456 e. The van der Waals surface area contributed by atoms with Crippen LogP contribution in [0.5, 0.6) is 0 Å². The fourth-order valence-electron chi connectivity index (χ4n) is 11.7. The first kappa shape index (κ1) is 36.8. The van der Waals surface area contributed by atoms with Crippen LogP contribution in [-0.4, -0.2) is 0 Å². The van der Waals surface area contributed by atoms with Crippen molar-refractivity contribution in [3.05, 3.63) is 265 Å². The zero-order valence-corrected chi connectivity index (χ0v) is 35.9. The van der Waals surface area contributed by atoms with Crippen molar-refractivity contribution in [1.82, 2.24) is 0 Å². The van der Waals surface area contributed by atoms with E-state index in [1.807, 2.05) is 0 Å². The van der Waals surface area contributed by atoms with E-state index >= 15 is 0 Å². The lowest BCUT2D eigenvalue weighted by Gasteiger charge is -2.34. The van der Waals surface area contributed by atoms with E-state index in [1.165, 1.54) is 66.1 Å². The molecule has 0 fully saturated rings. The molecule has 3 heteroatoms. The molecule has 0 atom stereocenters. The van der Waals surface area contributed by atoms with Crippen molar-refractivity contribution in [2.24, 2.45) is 0 Å². The monoisotopic (exact) mass is 840 g/mol. The quantitative estimate of drug-likeness (QED) is 0.166. The Morgan fingerprint density at radius 3 is 1.47 bits per heavy atom. The van der Waals surface area contributed by atoms with Gasteiger partial charge in [0, 0.05) is 50.0 Å². The first-order valence-corrected chi connectivity index (χ1v) is 22.8. The molecule has 1 spiro atoms. The maximum Gasteiger partial charge on any atom is 0.136 e. The Bertz CT molecular complexity index is 3750. The van der Waals surface area contributed by atoms with Crippen molar-refractivity contribution in [1.29, 1.82) is 0 Å². The van der Waals surface area contributed by atoms with Gasteiger partial charge in [-0.05, 0) is 140 Å². The highest BCUT2D eigenvalue weighted by Crippen LogP contribution is 2.67. The maximum atomic E-state index is 6.77. The van der Waals surface area contributed by atoms with Crippen molar-refractivity contribution in [3.8, 4) is 22.3 Å². The van der Waals surface area contributed by atoms with Gasteiger partial charge in [0.15, 0.2) is 0 Å². The molecule has 3 nitrogen and oxygen atoms in total. The highest BCUT2D eigenvalue weighted by atomic mass is 16.3. The first-order chi connectivity index (χ1) is 32.8. The van der Waals surface area contributed by atoms with Crippen molar-refractivity contribution in [2.45, 2.75) is 5.41 Å². The van der Waals surface area contributed by atoms with Gasteiger partial charge < -0.3 is 14.2 Å². The highest BCUT2D eigenvalue weighted by Gasteiger charge is 2.53. The Kier molecular flexibility index (Phi) is 7.90. The van der Waals surface area contributed by atoms with E-state index < -0.39 is 5.41 Å². The average Bonchev–Trinajstić information content (AvgIpc) is 4.02. The van der Waals surface area contributed by atoms with Crippen LogP contribution in [0, 0.1) is 0 Å². The second-order valence-corrected chi connectivity index (χ2v) is 17.5. The SMILES string of the molecule is c1ccc(N(c2ccccc2)c2ccc3c4c(ccc3c2)-c2c(cc(N(c3ccccc3)c3ccccc3)c3ccc5oc6ccccc6c5c23)C42c3ccccc3-c3ccccc32)cc1. The van der Waals surface area contributed by atoms with Crippen molar-refractivity contribution in [2.75, 3.05) is 9.80 Å². The van der Waals surface area contributed by atoms with E-state index in [-0.39, 0.29) is 0 Å². The lowest BCUT2D eigenvalue weighted by Crippen LogP contribution is -2.26. The number of fused-ring (bicyclic) bond motifs is 18. The Morgan fingerprint density at radius 2 is 0.848 bits per heavy atom. The van der Waals surface area contributed by atoms with Crippen LogP contribution in [-0.2, 0) is 5.41 Å². The van der Waals surface area contributed by atoms with Gasteiger partial charge in [0.1, 0.15) is 11.2 Å². The van der Waals surface area contributed by atoms with E-state index in [0.717, 1.165) is 56.1 Å². The molecule has 0 N–H and O–H groups in total. The van der Waals surface area contributed by atoms with Gasteiger partial charge in [-0.1, -0.05) is 158 Å². The molecule has 2 aliphatic carbocycles. The van der Waals surface area contributed by atoms with E-state index in [4.69, 9.17) is 4.42 Å². The van der Waals surface area contributed by atoms with Crippen LogP contribution in [0.15, 0.2) is 247 Å². The van der Waals surface area contributed by atoms with Gasteiger partial charge in [-0.25, -0.2) is 0 Å². The molecule has 2 aliphatic rings. The number of hydrogen-bond donors (Lipinski definition) is 0. The number of anilines is 6. The summed E-state index contributed by atoms with van der Waals surface area (Å²) in [6, 6.07) is 88.7. The highest BCUT2D eigenvalue weighted by molar-refractivity contribution is 6.28. The Hall–Kier alpha value is -8.66. The molecule has 0 bridgehead atoms. The van der Waals surface area contributed by atoms with Crippen LogP contribution < -0.4 is 9.80 Å². The summed E-state index contributed by atoms with van der Waals surface area (Å²) in [5, 5.41) is 7.06. The standard InChI is InChI=1S/C63H40N2O/c1-5-19-42(20-6-1)64(43-21-7-2-8-22-43)46-34-36-47-41(39-46)33-35-52-59-55(63(62(47)52)53-30-16-13-27-48(53)49-28-14-17-31-54(49)63)40-56(65(44-23-9-3-10-24-44)45-25-11-4-12-26-45)50-37-38-58-60(61(50)59)51-29-15-18-32-57(51)66-58/h1-40H. The Morgan fingerprint density at radius 1 is 0.318 bits per heavy atom. The molecule has 11 aromatic carbocycles. The van der Waals surface area contributed by atoms with Crippen molar-refractivity contribution in [3.63, 3.8) is 0 Å². The maximum absolute atomic E-state index is 6.77. The lowest BCUT2D eigenvalue weighted by molar-refractivity contribution is 0.669. The second-order valence-electron chi connectivity index (χ2n) is 17.5. The normalized spacial score (nSPS) is 13.0. The second kappa shape index (κ2) is 14.2. The Balaban J connectivity index is 1.16. The molecule has 14 rings (SSSR count). The summed E-state index contributed by atoms with van der Waals surface area (Å²) < 4.78 is 6.77. The van der Waals surface area contributed by atoms with Crippen molar-refractivity contribution < 1.29 is 4.42 Å². The zero-order valence-electron chi connectivity index (χ0n) is 35.9. The molecule has 1 heterocycles. The van der Waals surface area contributed by atoms with Crippen LogP contribution in [0.3, 0.4) is 0 Å². The van der Waals surface area contributed by atoms with Gasteiger partial charge in [-0.3, -0.25) is 0 Å². The lowest BCUT2D eigenvalue weighted by atomic mass is 9.69. The summed E-state index contributed by atoms with van der Waals surface area (Å²) in [5.41, 5.74) is 18.0. The largest absolute Gasteiger partial charge is 0.456 e. The third-order valence-corrected chi connectivity index (χ3v) is 14.2. The number of hydrogen-bond acceptors (Lipinski definition) is 3. The van der Waals surface area contributed by atoms with Gasteiger partial charge in [-0.15, -0.1) is 0 Å². The van der Waals surface area contributed by atoms with Gasteiger partial charge in [-0.2, -0.15) is 0 Å². The summed E-state index contributed by atoms with van der Waals surface area (Å²) in [6.07, 6.45) is 0. The molecule has 1 aromatic heterocycles. The van der Waals surface area contributed by atoms with Gasteiger partial charge in [0.25, 0.3) is 0 Å². The van der Waals surface area contributed by atoms with Gasteiger partial charge in [0.2, 0.25) is 0 Å². The third-order valence-electron chi connectivity index (χ3n) is 14.2. The summed E-state index contributed by atoms with van der Waals surface area (Å²) in [4.78, 5) is 4.81.